The van der Waals surface area contributed by atoms with Gasteiger partial charge in [-0.2, -0.15) is 0 Å². The van der Waals surface area contributed by atoms with Crippen LogP contribution in [0.25, 0.3) is 0 Å². The quantitative estimate of drug-likeness (QED) is 0.703. The summed E-state index contributed by atoms with van der Waals surface area (Å²) in [6.45, 7) is 6.23. The average Bonchev–Trinajstić information content (AvgIpc) is 2.26. The Bertz CT molecular complexity index is 330. The van der Waals surface area contributed by atoms with E-state index in [0.717, 1.165) is 12.8 Å². The molecule has 0 saturated carbocycles. The minimum absolute atomic E-state index is 0.0262. The molecule has 0 saturated heterocycles. The highest BCUT2D eigenvalue weighted by Gasteiger charge is 2.10. The van der Waals surface area contributed by atoms with Gasteiger partial charge in [0.15, 0.2) is 0 Å². The van der Waals surface area contributed by atoms with Crippen molar-refractivity contribution in [2.75, 3.05) is 0 Å². The van der Waals surface area contributed by atoms with E-state index in [1.165, 1.54) is 5.56 Å². The van der Waals surface area contributed by atoms with Crippen LogP contribution in [-0.2, 0) is 16.0 Å². The first-order valence-electron chi connectivity index (χ1n) is 6.31. The van der Waals surface area contributed by atoms with Crippen LogP contribution in [0.15, 0.2) is 30.3 Å². The van der Waals surface area contributed by atoms with Gasteiger partial charge in [-0.3, -0.25) is 4.79 Å². The van der Waals surface area contributed by atoms with Crippen LogP contribution in [0, 0.1) is 5.92 Å². The van der Waals surface area contributed by atoms with E-state index in [1.807, 2.05) is 37.3 Å². The molecule has 2 heteroatoms. The maximum Gasteiger partial charge on any atom is 0.306 e. The van der Waals surface area contributed by atoms with E-state index in [2.05, 4.69) is 13.8 Å². The number of hydrogen-bond donors (Lipinski definition) is 0. The molecule has 0 spiro atoms. The number of carbonyl (C=O) groups excluding carboxylic acids is 1. The van der Waals surface area contributed by atoms with Crippen molar-refractivity contribution in [3.63, 3.8) is 0 Å². The van der Waals surface area contributed by atoms with E-state index in [-0.39, 0.29) is 12.1 Å². The van der Waals surface area contributed by atoms with Crippen molar-refractivity contribution >= 4 is 5.97 Å². The van der Waals surface area contributed by atoms with Gasteiger partial charge in [0.2, 0.25) is 0 Å². The standard InChI is InChI=1S/C15H22O2/c1-12(2)11-13(3)17-15(16)10-9-14-7-5-4-6-8-14/h4-8,12-13H,9-11H2,1-3H3. The lowest BCUT2D eigenvalue weighted by atomic mass is 10.1. The van der Waals surface area contributed by atoms with Crippen LogP contribution in [0.4, 0.5) is 0 Å². The molecule has 0 amide bonds. The Balaban J connectivity index is 2.26. The molecule has 1 atom stereocenters. The van der Waals surface area contributed by atoms with Gasteiger partial charge in [-0.15, -0.1) is 0 Å². The lowest BCUT2D eigenvalue weighted by molar-refractivity contribution is -0.148. The molecule has 0 radical (unpaired) electrons. The third kappa shape index (κ3) is 6.10. The molecule has 17 heavy (non-hydrogen) atoms. The molecule has 1 unspecified atom stereocenters. The zero-order valence-electron chi connectivity index (χ0n) is 11.0. The number of rotatable bonds is 6. The minimum atomic E-state index is -0.0954. The van der Waals surface area contributed by atoms with Crippen LogP contribution in [0.1, 0.15) is 39.2 Å². The second kappa shape index (κ2) is 7.10. The van der Waals surface area contributed by atoms with Gasteiger partial charge in [0.05, 0.1) is 6.10 Å². The number of esters is 1. The van der Waals surface area contributed by atoms with Crippen molar-refractivity contribution in [1.29, 1.82) is 0 Å². The van der Waals surface area contributed by atoms with Crippen LogP contribution in [-0.4, -0.2) is 12.1 Å². The normalized spacial score (nSPS) is 12.5. The van der Waals surface area contributed by atoms with E-state index in [4.69, 9.17) is 4.74 Å². The minimum Gasteiger partial charge on any atom is -0.463 e. The molecular weight excluding hydrogens is 212 g/mol. The molecule has 2 nitrogen and oxygen atoms in total. The number of ether oxygens (including phenoxy) is 1. The van der Waals surface area contributed by atoms with Crippen LogP contribution < -0.4 is 0 Å². The van der Waals surface area contributed by atoms with Crippen LogP contribution in [0.2, 0.25) is 0 Å². The summed E-state index contributed by atoms with van der Waals surface area (Å²) < 4.78 is 5.34. The summed E-state index contributed by atoms with van der Waals surface area (Å²) in [5.41, 5.74) is 1.18. The molecule has 1 rings (SSSR count). The Labute approximate surface area is 104 Å². The third-order valence-corrected chi connectivity index (χ3v) is 2.60. The maximum absolute atomic E-state index is 11.6. The molecule has 94 valence electrons. The van der Waals surface area contributed by atoms with Gasteiger partial charge in [-0.25, -0.2) is 0 Å². The SMILES string of the molecule is CC(C)CC(C)OC(=O)CCc1ccccc1. The highest BCUT2D eigenvalue weighted by Crippen LogP contribution is 2.09. The molecule has 0 aromatic heterocycles. The van der Waals surface area contributed by atoms with Crippen molar-refractivity contribution in [3.05, 3.63) is 35.9 Å². The summed E-state index contributed by atoms with van der Waals surface area (Å²) in [5.74, 6) is 0.467. The highest BCUT2D eigenvalue weighted by molar-refractivity contribution is 5.69. The first kappa shape index (κ1) is 13.8. The van der Waals surface area contributed by atoms with Crippen molar-refractivity contribution in [2.24, 2.45) is 5.92 Å². The molecular formula is C15H22O2. The fourth-order valence-corrected chi connectivity index (χ4v) is 1.89. The Morgan fingerprint density at radius 1 is 1.18 bits per heavy atom. The topological polar surface area (TPSA) is 26.3 Å². The maximum atomic E-state index is 11.6. The van der Waals surface area contributed by atoms with Crippen molar-refractivity contribution in [1.82, 2.24) is 0 Å². The average molecular weight is 234 g/mol. The van der Waals surface area contributed by atoms with Crippen molar-refractivity contribution in [3.8, 4) is 0 Å². The van der Waals surface area contributed by atoms with E-state index in [1.54, 1.807) is 0 Å². The van der Waals surface area contributed by atoms with E-state index >= 15 is 0 Å². The number of aryl methyl sites for hydroxylation is 1. The Morgan fingerprint density at radius 3 is 2.41 bits per heavy atom. The lowest BCUT2D eigenvalue weighted by Crippen LogP contribution is -2.17. The van der Waals surface area contributed by atoms with Gasteiger partial charge < -0.3 is 4.74 Å². The Kier molecular flexibility index (Phi) is 5.75. The fraction of sp³-hybridized carbons (Fsp3) is 0.533. The summed E-state index contributed by atoms with van der Waals surface area (Å²) in [4.78, 5) is 11.6. The molecule has 0 N–H and O–H groups in total. The Hall–Kier alpha value is -1.31. The van der Waals surface area contributed by atoms with Gasteiger partial charge in [-0.1, -0.05) is 44.2 Å². The van der Waals surface area contributed by atoms with Crippen molar-refractivity contribution in [2.45, 2.75) is 46.1 Å². The molecule has 0 aliphatic carbocycles. The van der Waals surface area contributed by atoms with Gasteiger partial charge in [0.25, 0.3) is 0 Å². The van der Waals surface area contributed by atoms with Gasteiger partial charge >= 0.3 is 5.97 Å². The monoisotopic (exact) mass is 234 g/mol. The first-order chi connectivity index (χ1) is 8.08. The van der Waals surface area contributed by atoms with Crippen LogP contribution in [0.5, 0.6) is 0 Å². The zero-order valence-corrected chi connectivity index (χ0v) is 11.0. The molecule has 0 aliphatic heterocycles. The van der Waals surface area contributed by atoms with Crippen molar-refractivity contribution < 1.29 is 9.53 Å². The highest BCUT2D eigenvalue weighted by atomic mass is 16.5. The predicted molar refractivity (Wildman–Crippen MR) is 69.8 cm³/mol. The smallest absolute Gasteiger partial charge is 0.306 e. The fourth-order valence-electron chi connectivity index (χ4n) is 1.89. The second-order valence-electron chi connectivity index (χ2n) is 4.92. The number of carbonyl (C=O) groups is 1. The summed E-state index contributed by atoms with van der Waals surface area (Å²) in [7, 11) is 0. The van der Waals surface area contributed by atoms with E-state index in [0.29, 0.717) is 12.3 Å². The summed E-state index contributed by atoms with van der Waals surface area (Å²) in [6, 6.07) is 10.0. The molecule has 0 fully saturated rings. The van der Waals surface area contributed by atoms with Gasteiger partial charge in [-0.05, 0) is 31.2 Å². The zero-order chi connectivity index (χ0) is 12.7. The summed E-state index contributed by atoms with van der Waals surface area (Å²) in [5, 5.41) is 0. The number of benzene rings is 1. The summed E-state index contributed by atoms with van der Waals surface area (Å²) >= 11 is 0. The van der Waals surface area contributed by atoms with Crippen LogP contribution in [0.3, 0.4) is 0 Å². The van der Waals surface area contributed by atoms with Crippen LogP contribution >= 0.6 is 0 Å². The predicted octanol–water partition coefficient (Wildman–Crippen LogP) is 3.60. The third-order valence-electron chi connectivity index (χ3n) is 2.60. The number of hydrogen-bond acceptors (Lipinski definition) is 2. The lowest BCUT2D eigenvalue weighted by Gasteiger charge is -2.15. The van der Waals surface area contributed by atoms with E-state index in [9.17, 15) is 4.79 Å². The van der Waals surface area contributed by atoms with Gasteiger partial charge in [0.1, 0.15) is 0 Å². The molecule has 0 bridgehead atoms. The Morgan fingerprint density at radius 2 is 1.82 bits per heavy atom. The van der Waals surface area contributed by atoms with Gasteiger partial charge in [0, 0.05) is 6.42 Å². The van der Waals surface area contributed by atoms with E-state index < -0.39 is 0 Å². The largest absolute Gasteiger partial charge is 0.463 e. The molecule has 1 aromatic rings. The molecule has 1 aromatic carbocycles. The molecule has 0 aliphatic rings. The second-order valence-corrected chi connectivity index (χ2v) is 4.92. The summed E-state index contributed by atoms with van der Waals surface area (Å²) in [6.07, 6.45) is 2.18. The molecule has 0 heterocycles. The first-order valence-corrected chi connectivity index (χ1v) is 6.31.